The Hall–Kier alpha value is -1.40. The third-order valence-corrected chi connectivity index (χ3v) is 1.39. The van der Waals surface area contributed by atoms with E-state index in [1.807, 2.05) is 31.4 Å². The summed E-state index contributed by atoms with van der Waals surface area (Å²) in [6, 6.07) is 0. The van der Waals surface area contributed by atoms with E-state index >= 15 is 0 Å². The highest BCUT2D eigenvalue weighted by atomic mass is 16.5. The van der Waals surface area contributed by atoms with E-state index in [4.69, 9.17) is 4.74 Å². The topological polar surface area (TPSA) is 21.3 Å². The van der Waals surface area contributed by atoms with Crippen molar-refractivity contribution in [2.24, 2.45) is 0 Å². The van der Waals surface area contributed by atoms with Crippen LogP contribution < -0.4 is 5.32 Å². The zero-order valence-corrected chi connectivity index (χ0v) is 6.72. The first kappa shape index (κ1) is 7.70. The van der Waals surface area contributed by atoms with Crippen molar-refractivity contribution < 1.29 is 4.74 Å². The van der Waals surface area contributed by atoms with E-state index in [9.17, 15) is 0 Å². The van der Waals surface area contributed by atoms with Gasteiger partial charge in [-0.3, -0.25) is 0 Å². The smallest absolute Gasteiger partial charge is 0.121 e. The maximum absolute atomic E-state index is 5.06. The third-order valence-electron chi connectivity index (χ3n) is 1.39. The lowest BCUT2D eigenvalue weighted by atomic mass is 10.4. The van der Waals surface area contributed by atoms with Crippen molar-refractivity contribution in [2.45, 2.75) is 0 Å². The van der Waals surface area contributed by atoms with Gasteiger partial charge in [-0.1, -0.05) is 11.8 Å². The van der Waals surface area contributed by atoms with Gasteiger partial charge in [-0.05, 0) is 12.2 Å². The highest BCUT2D eigenvalue weighted by Gasteiger charge is 1.93. The Morgan fingerprint density at radius 1 is 1.55 bits per heavy atom. The van der Waals surface area contributed by atoms with E-state index in [0.29, 0.717) is 0 Å². The molecule has 0 saturated carbocycles. The number of rotatable bonds is 2. The normalized spacial score (nSPS) is 15.1. The Balaban J connectivity index is 2.89. The molecule has 2 nitrogen and oxygen atoms in total. The average molecular weight is 149 g/mol. The van der Waals surface area contributed by atoms with Crippen LogP contribution in [0, 0.1) is 0 Å². The summed E-state index contributed by atoms with van der Waals surface area (Å²) in [5, 5.41) is 2.99. The fourth-order valence-corrected chi connectivity index (χ4v) is 0.784. The molecule has 0 aromatic rings. The van der Waals surface area contributed by atoms with Crippen LogP contribution in [0.3, 0.4) is 0 Å². The third kappa shape index (κ3) is 2.03. The van der Waals surface area contributed by atoms with Gasteiger partial charge in [0.2, 0.25) is 0 Å². The zero-order chi connectivity index (χ0) is 8.10. The standard InChI is InChI=1S/C9H11NO/c1-10-8-5-3-4-6-9(7-8)11-2/h3-4,6-7,10H,1-2H3. The van der Waals surface area contributed by atoms with Gasteiger partial charge in [-0.15, -0.1) is 0 Å². The lowest BCUT2D eigenvalue weighted by molar-refractivity contribution is 0.306. The summed E-state index contributed by atoms with van der Waals surface area (Å²) in [5.41, 5.74) is 3.96. The minimum atomic E-state index is 0.829. The molecule has 0 aromatic carbocycles. The van der Waals surface area contributed by atoms with Gasteiger partial charge in [0.05, 0.1) is 12.8 Å². The van der Waals surface area contributed by atoms with Crippen LogP contribution in [0.25, 0.3) is 0 Å². The summed E-state index contributed by atoms with van der Waals surface area (Å²) in [5.74, 6) is 0.829. The molecule has 0 saturated heterocycles. The van der Waals surface area contributed by atoms with Gasteiger partial charge in [-0.25, -0.2) is 0 Å². The lowest BCUT2D eigenvalue weighted by Crippen LogP contribution is -2.02. The van der Waals surface area contributed by atoms with E-state index in [2.05, 4.69) is 11.0 Å². The van der Waals surface area contributed by atoms with Crippen LogP contribution in [-0.4, -0.2) is 14.2 Å². The Morgan fingerprint density at radius 2 is 2.36 bits per heavy atom. The summed E-state index contributed by atoms with van der Waals surface area (Å²) in [6.45, 7) is 0. The maximum Gasteiger partial charge on any atom is 0.121 e. The predicted octanol–water partition coefficient (Wildman–Crippen LogP) is 1.34. The van der Waals surface area contributed by atoms with Crippen molar-refractivity contribution in [3.63, 3.8) is 0 Å². The first-order valence-electron chi connectivity index (χ1n) is 3.43. The number of ether oxygens (including phenoxy) is 1. The second-order valence-electron chi connectivity index (χ2n) is 2.08. The Labute approximate surface area is 66.6 Å². The molecule has 0 spiro atoms. The molecule has 1 rings (SSSR count). The molecule has 0 unspecified atom stereocenters. The fraction of sp³-hybridized carbons (Fsp3) is 0.222. The first-order valence-corrected chi connectivity index (χ1v) is 3.43. The molecule has 0 aliphatic heterocycles. The van der Waals surface area contributed by atoms with E-state index in [-0.39, 0.29) is 0 Å². The second kappa shape index (κ2) is 3.69. The van der Waals surface area contributed by atoms with Crippen molar-refractivity contribution in [3.05, 3.63) is 41.5 Å². The monoisotopic (exact) mass is 149 g/mol. The molecule has 2 heteroatoms. The van der Waals surface area contributed by atoms with Gasteiger partial charge >= 0.3 is 0 Å². The molecular weight excluding hydrogens is 138 g/mol. The van der Waals surface area contributed by atoms with Gasteiger partial charge in [0.1, 0.15) is 5.76 Å². The van der Waals surface area contributed by atoms with Crippen LogP contribution in [0.5, 0.6) is 0 Å². The van der Waals surface area contributed by atoms with Crippen LogP contribution >= 0.6 is 0 Å². The van der Waals surface area contributed by atoms with Crippen LogP contribution in [0.15, 0.2) is 41.5 Å². The van der Waals surface area contributed by atoms with Crippen LogP contribution in [-0.2, 0) is 4.74 Å². The highest BCUT2D eigenvalue weighted by molar-refractivity contribution is 5.30. The largest absolute Gasteiger partial charge is 0.497 e. The number of methoxy groups -OCH3 is 1. The summed E-state index contributed by atoms with van der Waals surface area (Å²) in [7, 11) is 3.50. The molecule has 0 bridgehead atoms. The molecule has 11 heavy (non-hydrogen) atoms. The number of hydrogen-bond acceptors (Lipinski definition) is 2. The summed E-state index contributed by atoms with van der Waals surface area (Å²) in [4.78, 5) is 0. The molecule has 0 aromatic heterocycles. The second-order valence-corrected chi connectivity index (χ2v) is 2.08. The summed E-state index contributed by atoms with van der Waals surface area (Å²) < 4.78 is 5.06. The van der Waals surface area contributed by atoms with E-state index in [1.165, 1.54) is 0 Å². The molecule has 1 aliphatic rings. The molecule has 0 amide bonds. The van der Waals surface area contributed by atoms with Gasteiger partial charge in [0, 0.05) is 13.1 Å². The lowest BCUT2D eigenvalue weighted by Gasteiger charge is -1.99. The van der Waals surface area contributed by atoms with Crippen LogP contribution in [0.1, 0.15) is 0 Å². The number of allylic oxidation sites excluding steroid dienone is 3. The molecular formula is C9H11NO. The van der Waals surface area contributed by atoms with E-state index in [1.54, 1.807) is 7.11 Å². The predicted molar refractivity (Wildman–Crippen MR) is 44.9 cm³/mol. The van der Waals surface area contributed by atoms with E-state index < -0.39 is 0 Å². The zero-order valence-electron chi connectivity index (χ0n) is 6.72. The van der Waals surface area contributed by atoms with Crippen molar-refractivity contribution in [3.8, 4) is 0 Å². The van der Waals surface area contributed by atoms with Crippen LogP contribution in [0.4, 0.5) is 0 Å². The van der Waals surface area contributed by atoms with Crippen molar-refractivity contribution in [1.29, 1.82) is 0 Å². The van der Waals surface area contributed by atoms with Crippen LogP contribution in [0.2, 0.25) is 0 Å². The molecule has 58 valence electrons. The highest BCUT2D eigenvalue weighted by Crippen LogP contribution is 2.04. The summed E-state index contributed by atoms with van der Waals surface area (Å²) >= 11 is 0. The van der Waals surface area contributed by atoms with Gasteiger partial charge in [0.25, 0.3) is 0 Å². The SMILES string of the molecule is CNC1=C=CC=CC(OC)=C1. The molecule has 0 atom stereocenters. The molecule has 0 radical (unpaired) electrons. The van der Waals surface area contributed by atoms with E-state index in [0.717, 1.165) is 11.5 Å². The van der Waals surface area contributed by atoms with Crippen molar-refractivity contribution >= 4 is 0 Å². The van der Waals surface area contributed by atoms with Gasteiger partial charge in [0.15, 0.2) is 0 Å². The quantitative estimate of drug-likeness (QED) is 0.598. The van der Waals surface area contributed by atoms with Crippen molar-refractivity contribution in [2.75, 3.05) is 14.2 Å². The van der Waals surface area contributed by atoms with Gasteiger partial charge < -0.3 is 10.1 Å². The Kier molecular flexibility index (Phi) is 2.59. The Morgan fingerprint density at radius 3 is 3.00 bits per heavy atom. The first-order chi connectivity index (χ1) is 5.36. The maximum atomic E-state index is 5.06. The minimum Gasteiger partial charge on any atom is -0.497 e. The molecule has 0 heterocycles. The minimum absolute atomic E-state index is 0.829. The summed E-state index contributed by atoms with van der Waals surface area (Å²) in [6.07, 6.45) is 7.51. The molecule has 1 aliphatic carbocycles. The number of likely N-dealkylation sites (N-methyl/N-ethyl adjacent to an activating group) is 1. The fourth-order valence-electron chi connectivity index (χ4n) is 0.784. The van der Waals surface area contributed by atoms with Gasteiger partial charge in [-0.2, -0.15) is 0 Å². The molecule has 0 fully saturated rings. The average Bonchev–Trinajstić information content (AvgIpc) is 2.28. The number of hydrogen-bond donors (Lipinski definition) is 1. The van der Waals surface area contributed by atoms with Crippen molar-refractivity contribution in [1.82, 2.24) is 5.32 Å². The molecule has 1 N–H and O–H groups in total. The number of nitrogens with one attached hydrogen (secondary N) is 1. The Bertz CT molecular complexity index is 255.